The molecular formula is C17H18Cl2FN. The number of halogens is 3. The van der Waals surface area contributed by atoms with E-state index in [0.29, 0.717) is 16.5 Å². The van der Waals surface area contributed by atoms with Gasteiger partial charge < -0.3 is 5.32 Å². The van der Waals surface area contributed by atoms with Crippen molar-refractivity contribution in [2.45, 2.75) is 25.8 Å². The van der Waals surface area contributed by atoms with Gasteiger partial charge in [-0.15, -0.1) is 0 Å². The van der Waals surface area contributed by atoms with Crippen LogP contribution in [0.4, 0.5) is 4.39 Å². The summed E-state index contributed by atoms with van der Waals surface area (Å²) in [4.78, 5) is 0. The lowest BCUT2D eigenvalue weighted by atomic mass is 9.98. The zero-order chi connectivity index (χ0) is 15.2. The van der Waals surface area contributed by atoms with Crippen molar-refractivity contribution in [3.63, 3.8) is 0 Å². The van der Waals surface area contributed by atoms with Crippen molar-refractivity contribution < 1.29 is 4.39 Å². The third-order valence-electron chi connectivity index (χ3n) is 3.38. The minimum atomic E-state index is -0.158. The molecule has 21 heavy (non-hydrogen) atoms. The molecule has 1 N–H and O–H groups in total. The Morgan fingerprint density at radius 1 is 1.05 bits per heavy atom. The summed E-state index contributed by atoms with van der Waals surface area (Å²) in [6, 6.07) is 12.7. The van der Waals surface area contributed by atoms with E-state index >= 15 is 0 Å². The van der Waals surface area contributed by atoms with Crippen molar-refractivity contribution in [1.82, 2.24) is 5.32 Å². The largest absolute Gasteiger partial charge is 0.314 e. The molecule has 4 heteroatoms. The standard InChI is InChI=1S/C17H18Cl2FN/c1-2-21-14(11-13-5-3-4-6-17(13)20)9-12-7-8-15(18)16(19)10-12/h3-8,10,14,21H,2,9,11H2,1H3. The molecule has 0 radical (unpaired) electrons. The van der Waals surface area contributed by atoms with E-state index in [0.717, 1.165) is 24.1 Å². The first-order chi connectivity index (χ1) is 10.1. The fraction of sp³-hybridized carbons (Fsp3) is 0.294. The van der Waals surface area contributed by atoms with Crippen molar-refractivity contribution in [2.75, 3.05) is 6.54 Å². The van der Waals surface area contributed by atoms with Gasteiger partial charge in [0.15, 0.2) is 0 Å². The van der Waals surface area contributed by atoms with E-state index in [1.54, 1.807) is 12.1 Å². The Hall–Kier alpha value is -1.09. The molecule has 2 aromatic rings. The fourth-order valence-electron chi connectivity index (χ4n) is 2.39. The second-order valence-corrected chi connectivity index (χ2v) is 5.82. The number of hydrogen-bond acceptors (Lipinski definition) is 1. The van der Waals surface area contributed by atoms with Gasteiger partial charge in [0.1, 0.15) is 5.82 Å². The van der Waals surface area contributed by atoms with Gasteiger partial charge >= 0.3 is 0 Å². The highest BCUT2D eigenvalue weighted by molar-refractivity contribution is 6.42. The predicted molar refractivity (Wildman–Crippen MR) is 87.7 cm³/mol. The van der Waals surface area contributed by atoms with Crippen LogP contribution in [-0.4, -0.2) is 12.6 Å². The van der Waals surface area contributed by atoms with Crippen molar-refractivity contribution in [3.05, 3.63) is 69.5 Å². The van der Waals surface area contributed by atoms with Crippen LogP contribution in [0.3, 0.4) is 0 Å². The third-order valence-corrected chi connectivity index (χ3v) is 4.12. The van der Waals surface area contributed by atoms with E-state index in [-0.39, 0.29) is 11.9 Å². The van der Waals surface area contributed by atoms with Crippen LogP contribution in [0.2, 0.25) is 10.0 Å². The van der Waals surface area contributed by atoms with Gasteiger partial charge in [-0.1, -0.05) is 54.4 Å². The van der Waals surface area contributed by atoms with Crippen LogP contribution < -0.4 is 5.32 Å². The number of nitrogens with one attached hydrogen (secondary N) is 1. The van der Waals surface area contributed by atoms with Gasteiger partial charge in [0.2, 0.25) is 0 Å². The van der Waals surface area contributed by atoms with Crippen LogP contribution in [0, 0.1) is 5.82 Å². The van der Waals surface area contributed by atoms with Gasteiger partial charge in [0, 0.05) is 6.04 Å². The maximum Gasteiger partial charge on any atom is 0.126 e. The minimum absolute atomic E-state index is 0.157. The molecule has 0 aliphatic carbocycles. The summed E-state index contributed by atoms with van der Waals surface area (Å²) in [6.07, 6.45) is 1.42. The van der Waals surface area contributed by atoms with Gasteiger partial charge in [-0.25, -0.2) is 4.39 Å². The summed E-state index contributed by atoms with van der Waals surface area (Å²) in [5.41, 5.74) is 1.81. The summed E-state index contributed by atoms with van der Waals surface area (Å²) >= 11 is 12.0. The van der Waals surface area contributed by atoms with Gasteiger partial charge in [0.25, 0.3) is 0 Å². The summed E-state index contributed by atoms with van der Waals surface area (Å²) in [7, 11) is 0. The van der Waals surface area contributed by atoms with Crippen molar-refractivity contribution >= 4 is 23.2 Å². The van der Waals surface area contributed by atoms with E-state index in [1.165, 1.54) is 6.07 Å². The lowest BCUT2D eigenvalue weighted by molar-refractivity contribution is 0.506. The van der Waals surface area contributed by atoms with Gasteiger partial charge in [-0.05, 0) is 48.7 Å². The Bertz CT molecular complexity index is 601. The zero-order valence-electron chi connectivity index (χ0n) is 11.9. The maximum atomic E-state index is 13.8. The first-order valence-corrected chi connectivity index (χ1v) is 7.76. The minimum Gasteiger partial charge on any atom is -0.314 e. The third kappa shape index (κ3) is 4.70. The molecular weight excluding hydrogens is 308 g/mol. The highest BCUT2D eigenvalue weighted by Gasteiger charge is 2.12. The first-order valence-electron chi connectivity index (χ1n) is 7.01. The van der Waals surface area contributed by atoms with Crippen molar-refractivity contribution in [3.8, 4) is 0 Å². The highest BCUT2D eigenvalue weighted by atomic mass is 35.5. The Morgan fingerprint density at radius 3 is 2.48 bits per heavy atom. The Morgan fingerprint density at radius 2 is 1.81 bits per heavy atom. The number of rotatable bonds is 6. The fourth-order valence-corrected chi connectivity index (χ4v) is 2.71. The molecule has 0 bridgehead atoms. The molecule has 0 amide bonds. The molecule has 2 aromatic carbocycles. The smallest absolute Gasteiger partial charge is 0.126 e. The molecule has 0 spiro atoms. The van der Waals surface area contributed by atoms with Crippen LogP contribution in [0.15, 0.2) is 42.5 Å². The maximum absolute atomic E-state index is 13.8. The van der Waals surface area contributed by atoms with Crippen LogP contribution in [0.25, 0.3) is 0 Å². The molecule has 0 aliphatic rings. The Kier molecular flexibility index (Phi) is 6.04. The van der Waals surface area contributed by atoms with Crippen LogP contribution in [0.1, 0.15) is 18.1 Å². The Balaban J connectivity index is 2.11. The lowest BCUT2D eigenvalue weighted by Gasteiger charge is -2.19. The molecule has 1 atom stereocenters. The van der Waals surface area contributed by atoms with Crippen molar-refractivity contribution in [1.29, 1.82) is 0 Å². The average molecular weight is 326 g/mol. The zero-order valence-corrected chi connectivity index (χ0v) is 13.4. The lowest BCUT2D eigenvalue weighted by Crippen LogP contribution is -2.33. The molecule has 112 valence electrons. The van der Waals surface area contributed by atoms with Gasteiger partial charge in [-0.2, -0.15) is 0 Å². The molecule has 1 unspecified atom stereocenters. The number of likely N-dealkylation sites (N-methyl/N-ethyl adjacent to an activating group) is 1. The molecule has 0 aliphatic heterocycles. The molecule has 2 rings (SSSR count). The van der Waals surface area contributed by atoms with E-state index < -0.39 is 0 Å². The molecule has 0 fully saturated rings. The predicted octanol–water partition coefficient (Wildman–Crippen LogP) is 4.90. The Labute approximate surface area is 135 Å². The van der Waals surface area contributed by atoms with E-state index in [1.807, 2.05) is 31.2 Å². The van der Waals surface area contributed by atoms with Gasteiger partial charge in [0.05, 0.1) is 10.0 Å². The van der Waals surface area contributed by atoms with Crippen LogP contribution in [0.5, 0.6) is 0 Å². The number of hydrogen-bond donors (Lipinski definition) is 1. The second kappa shape index (κ2) is 7.79. The first kappa shape index (κ1) is 16.3. The highest BCUT2D eigenvalue weighted by Crippen LogP contribution is 2.23. The summed E-state index contributed by atoms with van der Waals surface area (Å²) in [6.45, 7) is 2.88. The summed E-state index contributed by atoms with van der Waals surface area (Å²) in [5, 5.41) is 4.50. The van der Waals surface area contributed by atoms with E-state index in [4.69, 9.17) is 23.2 Å². The SMILES string of the molecule is CCNC(Cc1ccc(Cl)c(Cl)c1)Cc1ccccc1F. The molecule has 0 aromatic heterocycles. The molecule has 0 heterocycles. The van der Waals surface area contributed by atoms with E-state index in [2.05, 4.69) is 5.32 Å². The monoisotopic (exact) mass is 325 g/mol. The quantitative estimate of drug-likeness (QED) is 0.796. The molecule has 1 nitrogen and oxygen atoms in total. The topological polar surface area (TPSA) is 12.0 Å². The second-order valence-electron chi connectivity index (χ2n) is 5.00. The van der Waals surface area contributed by atoms with Crippen molar-refractivity contribution in [2.24, 2.45) is 0 Å². The van der Waals surface area contributed by atoms with Crippen LogP contribution in [-0.2, 0) is 12.8 Å². The van der Waals surface area contributed by atoms with E-state index in [9.17, 15) is 4.39 Å². The summed E-state index contributed by atoms with van der Waals surface area (Å²) in [5.74, 6) is -0.158. The normalized spacial score (nSPS) is 12.4. The molecule has 0 saturated carbocycles. The molecule has 0 saturated heterocycles. The van der Waals surface area contributed by atoms with Gasteiger partial charge in [-0.3, -0.25) is 0 Å². The average Bonchev–Trinajstić information content (AvgIpc) is 2.46. The van der Waals surface area contributed by atoms with Crippen LogP contribution >= 0.6 is 23.2 Å². The number of benzene rings is 2. The summed E-state index contributed by atoms with van der Waals surface area (Å²) < 4.78 is 13.8.